The molecule has 17 heavy (non-hydrogen) atoms. The van der Waals surface area contributed by atoms with E-state index in [1.807, 2.05) is 18.2 Å². The fourth-order valence-electron chi connectivity index (χ4n) is 1.11. The van der Waals surface area contributed by atoms with Crippen LogP contribution in [0.25, 0.3) is 0 Å². The summed E-state index contributed by atoms with van der Waals surface area (Å²) in [6.07, 6.45) is 0.894. The highest BCUT2D eigenvalue weighted by atomic mass is 32.1. The monoisotopic (exact) mass is 250 g/mol. The van der Waals surface area contributed by atoms with E-state index >= 15 is 0 Å². The predicted octanol–water partition coefficient (Wildman–Crippen LogP) is 2.31. The number of hydrogen-bond donors (Lipinski definition) is 0. The summed E-state index contributed by atoms with van der Waals surface area (Å²) in [4.78, 5) is 9.18. The maximum absolute atomic E-state index is 9.18. The van der Waals surface area contributed by atoms with E-state index in [0.717, 1.165) is 11.4 Å². The molecule has 2 rings (SSSR count). The number of benzene rings is 1. The smallest absolute Gasteiger partial charge is 0.293 e. The van der Waals surface area contributed by atoms with E-state index in [9.17, 15) is 4.79 Å². The second-order valence-corrected chi connectivity index (χ2v) is 3.96. The van der Waals surface area contributed by atoms with Crippen LogP contribution in [0.5, 0.6) is 0 Å². The lowest BCUT2D eigenvalue weighted by Gasteiger charge is -1.94. The van der Waals surface area contributed by atoms with Crippen LogP contribution in [0, 0.1) is 0 Å². The molecule has 0 atom stereocenters. The van der Waals surface area contributed by atoms with Crippen LogP contribution in [0.2, 0.25) is 0 Å². The molecule has 0 saturated heterocycles. The maximum Gasteiger partial charge on any atom is 0.293 e. The number of hydrogen-bond acceptors (Lipinski definition) is 5. The van der Waals surface area contributed by atoms with Crippen molar-refractivity contribution in [3.05, 3.63) is 46.4 Å². The van der Waals surface area contributed by atoms with Gasteiger partial charge in [0, 0.05) is 6.42 Å². The zero-order valence-electron chi connectivity index (χ0n) is 9.57. The predicted molar refractivity (Wildman–Crippen MR) is 66.8 cm³/mol. The van der Waals surface area contributed by atoms with Crippen LogP contribution < -0.4 is 0 Å². The summed E-state index contributed by atoms with van der Waals surface area (Å²) in [6.45, 7) is 2.66. The number of aromatic nitrogens is 2. The highest BCUT2D eigenvalue weighted by molar-refractivity contribution is 7.09. The van der Waals surface area contributed by atoms with Crippen LogP contribution in [0.4, 0.5) is 0 Å². The van der Waals surface area contributed by atoms with E-state index in [0.29, 0.717) is 13.1 Å². The van der Waals surface area contributed by atoms with Crippen LogP contribution in [0.1, 0.15) is 17.5 Å². The molecule has 0 bridgehead atoms. The van der Waals surface area contributed by atoms with Crippen molar-refractivity contribution in [1.82, 2.24) is 10.2 Å². The van der Waals surface area contributed by atoms with Crippen molar-refractivity contribution in [2.45, 2.75) is 13.3 Å². The van der Waals surface area contributed by atoms with Gasteiger partial charge in [-0.05, 0) is 12.5 Å². The topological polar surface area (TPSA) is 52.1 Å². The van der Waals surface area contributed by atoms with Gasteiger partial charge in [0.25, 0.3) is 6.47 Å². The zero-order chi connectivity index (χ0) is 12.3. The second kappa shape index (κ2) is 8.41. The van der Waals surface area contributed by atoms with Crippen molar-refractivity contribution in [1.29, 1.82) is 0 Å². The van der Waals surface area contributed by atoms with Gasteiger partial charge in [0.05, 0.1) is 6.61 Å². The zero-order valence-corrected chi connectivity index (χ0v) is 10.4. The van der Waals surface area contributed by atoms with Crippen molar-refractivity contribution in [3.63, 3.8) is 0 Å². The fourth-order valence-corrected chi connectivity index (χ4v) is 1.67. The van der Waals surface area contributed by atoms with Crippen LogP contribution in [-0.2, 0) is 16.0 Å². The van der Waals surface area contributed by atoms with Gasteiger partial charge < -0.3 is 4.74 Å². The first-order valence-corrected chi connectivity index (χ1v) is 6.09. The Bertz CT molecular complexity index is 404. The van der Waals surface area contributed by atoms with Gasteiger partial charge in [0.2, 0.25) is 0 Å². The fraction of sp³-hybridized carbons (Fsp3) is 0.250. The highest BCUT2D eigenvalue weighted by Gasteiger charge is 1.97. The molecule has 0 N–H and O–H groups in total. The summed E-state index contributed by atoms with van der Waals surface area (Å²) in [5, 5.41) is 8.84. The van der Waals surface area contributed by atoms with Gasteiger partial charge in [-0.2, -0.15) is 0 Å². The molecular formula is C12H14N2O2S. The molecule has 2 aromatic rings. The molecule has 0 spiro atoms. The summed E-state index contributed by atoms with van der Waals surface area (Å²) in [5.41, 5.74) is 3.05. The Kier molecular flexibility index (Phi) is 6.59. The molecule has 5 heteroatoms. The normalized spacial score (nSPS) is 9.00. The minimum absolute atomic E-state index is 0.431. The largest absolute Gasteiger partial charge is 0.468 e. The number of nitrogens with zero attached hydrogens (tertiary/aromatic N) is 2. The molecule has 1 aromatic carbocycles. The standard InChI is InChI=1S/C9H8N2S.C3H6O2/c1-2-4-8(5-3-1)6-9-11-10-7-12-9;1-2-5-3-4/h1-5,7H,6H2;3H,2H2,1H3. The maximum atomic E-state index is 9.18. The minimum Gasteiger partial charge on any atom is -0.468 e. The third kappa shape index (κ3) is 5.77. The Balaban J connectivity index is 0.000000249. The summed E-state index contributed by atoms with van der Waals surface area (Å²) in [7, 11) is 0. The minimum atomic E-state index is 0.431. The Hall–Kier alpha value is -1.75. The van der Waals surface area contributed by atoms with Crippen molar-refractivity contribution >= 4 is 17.8 Å². The van der Waals surface area contributed by atoms with E-state index in [1.54, 1.807) is 23.8 Å². The van der Waals surface area contributed by atoms with Crippen LogP contribution in [-0.4, -0.2) is 23.3 Å². The lowest BCUT2D eigenvalue weighted by atomic mass is 10.2. The Labute approximate surface area is 104 Å². The molecule has 0 amide bonds. The van der Waals surface area contributed by atoms with Crippen LogP contribution in [0.3, 0.4) is 0 Å². The van der Waals surface area contributed by atoms with Gasteiger partial charge >= 0.3 is 0 Å². The lowest BCUT2D eigenvalue weighted by Crippen LogP contribution is -1.85. The van der Waals surface area contributed by atoms with Gasteiger partial charge in [-0.3, -0.25) is 4.79 Å². The third-order valence-electron chi connectivity index (χ3n) is 1.84. The molecule has 0 aliphatic heterocycles. The molecular weight excluding hydrogens is 236 g/mol. The number of carbonyl (C=O) groups is 1. The SMILES string of the molecule is CCOC=O.c1ccc(Cc2nncs2)cc1. The first kappa shape index (κ1) is 13.3. The van der Waals surface area contributed by atoms with Gasteiger partial charge in [-0.15, -0.1) is 21.5 Å². The van der Waals surface area contributed by atoms with Crippen molar-refractivity contribution < 1.29 is 9.53 Å². The van der Waals surface area contributed by atoms with Crippen LogP contribution >= 0.6 is 11.3 Å². The average Bonchev–Trinajstić information content (AvgIpc) is 2.85. The van der Waals surface area contributed by atoms with E-state index < -0.39 is 0 Å². The summed E-state index contributed by atoms with van der Waals surface area (Å²) < 4.78 is 4.15. The lowest BCUT2D eigenvalue weighted by molar-refractivity contribution is -0.128. The molecule has 0 aliphatic rings. The molecule has 4 nitrogen and oxygen atoms in total. The Morgan fingerprint density at radius 2 is 2.12 bits per heavy atom. The number of carbonyl (C=O) groups excluding carboxylic acids is 1. The van der Waals surface area contributed by atoms with Crippen molar-refractivity contribution in [3.8, 4) is 0 Å². The summed E-state index contributed by atoms with van der Waals surface area (Å²) >= 11 is 1.60. The summed E-state index contributed by atoms with van der Waals surface area (Å²) in [6, 6.07) is 10.3. The average molecular weight is 250 g/mol. The van der Waals surface area contributed by atoms with Gasteiger partial charge in [0.1, 0.15) is 10.5 Å². The third-order valence-corrected chi connectivity index (χ3v) is 2.54. The first-order valence-electron chi connectivity index (χ1n) is 5.21. The first-order chi connectivity index (χ1) is 8.36. The van der Waals surface area contributed by atoms with Crippen molar-refractivity contribution in [2.75, 3.05) is 6.61 Å². The van der Waals surface area contributed by atoms with Gasteiger partial charge in [-0.1, -0.05) is 30.3 Å². The Morgan fingerprint density at radius 1 is 1.35 bits per heavy atom. The van der Waals surface area contributed by atoms with Gasteiger partial charge in [-0.25, -0.2) is 0 Å². The molecule has 90 valence electrons. The summed E-state index contributed by atoms with van der Waals surface area (Å²) in [5.74, 6) is 0. The van der Waals surface area contributed by atoms with E-state index in [4.69, 9.17) is 0 Å². The molecule has 0 unspecified atom stereocenters. The highest BCUT2D eigenvalue weighted by Crippen LogP contribution is 2.09. The molecule has 1 aromatic heterocycles. The van der Waals surface area contributed by atoms with Gasteiger partial charge in [0.15, 0.2) is 0 Å². The number of rotatable bonds is 4. The number of ether oxygens (including phenoxy) is 1. The van der Waals surface area contributed by atoms with E-state index in [-0.39, 0.29) is 0 Å². The quantitative estimate of drug-likeness (QED) is 0.781. The van der Waals surface area contributed by atoms with Crippen molar-refractivity contribution in [2.24, 2.45) is 0 Å². The van der Waals surface area contributed by atoms with E-state index in [1.165, 1.54) is 5.56 Å². The molecule has 0 fully saturated rings. The van der Waals surface area contributed by atoms with Crippen LogP contribution in [0.15, 0.2) is 35.8 Å². The molecule has 0 saturated carbocycles. The molecule has 0 radical (unpaired) electrons. The Morgan fingerprint density at radius 3 is 2.59 bits per heavy atom. The molecule has 1 heterocycles. The second-order valence-electron chi connectivity index (χ2n) is 3.05. The molecule has 0 aliphatic carbocycles. The van der Waals surface area contributed by atoms with E-state index in [2.05, 4.69) is 27.1 Å².